The van der Waals surface area contributed by atoms with E-state index in [2.05, 4.69) is 0 Å². The van der Waals surface area contributed by atoms with Gasteiger partial charge in [0.2, 0.25) is 5.91 Å². The number of carboxylic acid groups (broad SMARTS) is 1. The lowest BCUT2D eigenvalue weighted by atomic mass is 9.83. The molecule has 1 heterocycles. The summed E-state index contributed by atoms with van der Waals surface area (Å²) >= 11 is 0. The van der Waals surface area contributed by atoms with Crippen LogP contribution in [0.4, 0.5) is 0 Å². The normalized spacial score (nSPS) is 21.1. The molecule has 166 valence electrons. The summed E-state index contributed by atoms with van der Waals surface area (Å²) in [5.41, 5.74) is 1.67. The van der Waals surface area contributed by atoms with Gasteiger partial charge in [0.05, 0.1) is 19.6 Å². The molecule has 1 fully saturated rings. The molecule has 1 amide bonds. The van der Waals surface area contributed by atoms with Crippen molar-refractivity contribution < 1.29 is 24.5 Å². The van der Waals surface area contributed by atoms with Crippen molar-refractivity contribution in [2.45, 2.75) is 25.3 Å². The van der Waals surface area contributed by atoms with Gasteiger partial charge in [-0.2, -0.15) is 0 Å². The maximum Gasteiger partial charge on any atom is 0.309 e. The molecule has 0 aliphatic carbocycles. The number of benzene rings is 2. The van der Waals surface area contributed by atoms with Gasteiger partial charge >= 0.3 is 5.97 Å². The zero-order valence-corrected chi connectivity index (χ0v) is 18.2. The third kappa shape index (κ3) is 4.99. The maximum absolute atomic E-state index is 12.8. The van der Waals surface area contributed by atoms with E-state index in [4.69, 9.17) is 4.74 Å². The molecule has 1 aliphatic rings. The van der Waals surface area contributed by atoms with Gasteiger partial charge in [-0.3, -0.25) is 14.5 Å². The first kappa shape index (κ1) is 22.6. The Morgan fingerprint density at radius 2 is 1.71 bits per heavy atom. The summed E-state index contributed by atoms with van der Waals surface area (Å²) in [5, 5.41) is 19.8. The van der Waals surface area contributed by atoms with E-state index in [0.717, 1.165) is 17.5 Å². The number of carbonyl (C=O) groups excluding carboxylic acids is 1. The highest BCUT2D eigenvalue weighted by Gasteiger charge is 2.47. The van der Waals surface area contributed by atoms with Crippen LogP contribution in [0.2, 0.25) is 0 Å². The van der Waals surface area contributed by atoms with Crippen LogP contribution < -0.4 is 4.74 Å². The number of aliphatic carboxylic acids is 1. The van der Waals surface area contributed by atoms with Crippen LogP contribution in [0.3, 0.4) is 0 Å². The highest BCUT2D eigenvalue weighted by atomic mass is 16.5. The minimum atomic E-state index is -0.907. The van der Waals surface area contributed by atoms with E-state index in [-0.39, 0.29) is 24.1 Å². The van der Waals surface area contributed by atoms with Crippen molar-refractivity contribution in [3.05, 3.63) is 59.7 Å². The molecule has 0 unspecified atom stereocenters. The summed E-state index contributed by atoms with van der Waals surface area (Å²) in [6.45, 7) is 3.25. The SMILES string of the molecule is CCCN(C)C(=O)CN1C[C@H](c2ccc(O)cc2)[C@H](C(=O)O)[C@H]1c1ccc(OC)cc1. The third-order valence-electron chi connectivity index (χ3n) is 5.99. The first-order valence-corrected chi connectivity index (χ1v) is 10.5. The highest BCUT2D eigenvalue weighted by molar-refractivity contribution is 5.79. The van der Waals surface area contributed by atoms with E-state index in [1.54, 1.807) is 43.3 Å². The van der Waals surface area contributed by atoms with Crippen molar-refractivity contribution in [2.75, 3.05) is 33.8 Å². The Bertz CT molecular complexity index is 897. The molecule has 31 heavy (non-hydrogen) atoms. The molecular formula is C24H30N2O5. The molecule has 0 saturated carbocycles. The summed E-state index contributed by atoms with van der Waals surface area (Å²) in [5.74, 6) is -1.16. The number of hydrogen-bond acceptors (Lipinski definition) is 5. The Labute approximate surface area is 182 Å². The van der Waals surface area contributed by atoms with Gasteiger partial charge in [0.25, 0.3) is 0 Å². The number of phenols is 1. The van der Waals surface area contributed by atoms with E-state index < -0.39 is 17.9 Å². The predicted molar refractivity (Wildman–Crippen MR) is 117 cm³/mol. The lowest BCUT2D eigenvalue weighted by Gasteiger charge is -2.28. The summed E-state index contributed by atoms with van der Waals surface area (Å²) in [7, 11) is 3.36. The quantitative estimate of drug-likeness (QED) is 0.674. The molecule has 0 aromatic heterocycles. The molecule has 7 heteroatoms. The number of rotatable bonds is 8. The lowest BCUT2D eigenvalue weighted by Crippen LogP contribution is -2.39. The molecule has 0 spiro atoms. The van der Waals surface area contributed by atoms with Crippen LogP contribution in [0.1, 0.15) is 36.4 Å². The molecule has 1 saturated heterocycles. The maximum atomic E-state index is 12.8. The first-order valence-electron chi connectivity index (χ1n) is 10.5. The first-order chi connectivity index (χ1) is 14.8. The number of likely N-dealkylation sites (N-methyl/N-ethyl adjacent to an activating group) is 1. The van der Waals surface area contributed by atoms with Gasteiger partial charge in [0.15, 0.2) is 0 Å². The number of hydrogen-bond donors (Lipinski definition) is 2. The number of nitrogens with zero attached hydrogens (tertiary/aromatic N) is 2. The smallest absolute Gasteiger partial charge is 0.309 e. The molecule has 3 atom stereocenters. The number of carbonyl (C=O) groups is 2. The lowest BCUT2D eigenvalue weighted by molar-refractivity contribution is -0.143. The average Bonchev–Trinajstić information content (AvgIpc) is 3.13. The summed E-state index contributed by atoms with van der Waals surface area (Å²) in [4.78, 5) is 28.9. The standard InChI is InChI=1S/C24H30N2O5/c1-4-13-25(2)21(28)15-26-14-20(16-5-9-18(27)10-6-16)22(24(29)30)23(26)17-7-11-19(31-3)12-8-17/h5-12,20,22-23,27H,4,13-15H2,1-3H3,(H,29,30)/t20-,22+,23-/m1/s1. The van der Waals surface area contributed by atoms with Crippen LogP contribution in [0.5, 0.6) is 11.5 Å². The fourth-order valence-corrected chi connectivity index (χ4v) is 4.41. The molecule has 0 radical (unpaired) electrons. The van der Waals surface area contributed by atoms with Crippen LogP contribution in [0.25, 0.3) is 0 Å². The second-order valence-corrected chi connectivity index (χ2v) is 8.02. The van der Waals surface area contributed by atoms with Gasteiger partial charge in [0, 0.05) is 32.1 Å². The monoisotopic (exact) mass is 426 g/mol. The van der Waals surface area contributed by atoms with Crippen LogP contribution in [-0.4, -0.2) is 65.7 Å². The van der Waals surface area contributed by atoms with Gasteiger partial charge in [-0.25, -0.2) is 0 Å². The third-order valence-corrected chi connectivity index (χ3v) is 5.99. The van der Waals surface area contributed by atoms with Gasteiger partial charge in [-0.1, -0.05) is 31.2 Å². The molecule has 2 aromatic carbocycles. The Kier molecular flexibility index (Phi) is 7.17. The predicted octanol–water partition coefficient (Wildman–Crippen LogP) is 3.11. The van der Waals surface area contributed by atoms with E-state index in [0.29, 0.717) is 18.8 Å². The summed E-state index contributed by atoms with van der Waals surface area (Å²) < 4.78 is 5.24. The number of phenolic OH excluding ortho intramolecular Hbond substituents is 1. The molecule has 2 aromatic rings. The topological polar surface area (TPSA) is 90.3 Å². The van der Waals surface area contributed by atoms with E-state index >= 15 is 0 Å². The Morgan fingerprint density at radius 3 is 2.26 bits per heavy atom. The largest absolute Gasteiger partial charge is 0.508 e. The number of amides is 1. The van der Waals surface area contributed by atoms with Gasteiger partial charge in [-0.15, -0.1) is 0 Å². The van der Waals surface area contributed by atoms with Crippen LogP contribution in [0.15, 0.2) is 48.5 Å². The zero-order valence-electron chi connectivity index (χ0n) is 18.2. The van der Waals surface area contributed by atoms with Crippen molar-refractivity contribution in [2.24, 2.45) is 5.92 Å². The highest BCUT2D eigenvalue weighted by Crippen LogP contribution is 2.46. The molecular weight excluding hydrogens is 396 g/mol. The second-order valence-electron chi connectivity index (χ2n) is 8.02. The Balaban J connectivity index is 1.99. The number of methoxy groups -OCH3 is 1. The van der Waals surface area contributed by atoms with Gasteiger partial charge in [0.1, 0.15) is 11.5 Å². The van der Waals surface area contributed by atoms with Gasteiger partial charge < -0.3 is 19.8 Å². The van der Waals surface area contributed by atoms with Crippen molar-refractivity contribution in [1.82, 2.24) is 9.80 Å². The van der Waals surface area contributed by atoms with Crippen molar-refractivity contribution in [3.63, 3.8) is 0 Å². The molecule has 1 aliphatic heterocycles. The fraction of sp³-hybridized carbons (Fsp3) is 0.417. The second kappa shape index (κ2) is 9.83. The van der Waals surface area contributed by atoms with Crippen LogP contribution >= 0.6 is 0 Å². The average molecular weight is 427 g/mol. The number of carboxylic acids is 1. The van der Waals surface area contributed by atoms with Crippen molar-refractivity contribution in [3.8, 4) is 11.5 Å². The van der Waals surface area contributed by atoms with E-state index in [9.17, 15) is 19.8 Å². The Hall–Kier alpha value is -3.06. The van der Waals surface area contributed by atoms with Gasteiger partial charge in [-0.05, 0) is 41.8 Å². The number of ether oxygens (including phenoxy) is 1. The fourth-order valence-electron chi connectivity index (χ4n) is 4.41. The van der Waals surface area contributed by atoms with E-state index in [1.807, 2.05) is 36.1 Å². The van der Waals surface area contributed by atoms with Crippen molar-refractivity contribution in [1.29, 1.82) is 0 Å². The Morgan fingerprint density at radius 1 is 1.10 bits per heavy atom. The van der Waals surface area contributed by atoms with E-state index in [1.165, 1.54) is 0 Å². The van der Waals surface area contributed by atoms with Crippen LogP contribution in [-0.2, 0) is 9.59 Å². The minimum Gasteiger partial charge on any atom is -0.508 e. The zero-order chi connectivity index (χ0) is 22.5. The minimum absolute atomic E-state index is 0.0316. The van der Waals surface area contributed by atoms with Crippen molar-refractivity contribution >= 4 is 11.9 Å². The van der Waals surface area contributed by atoms with Crippen LogP contribution in [0, 0.1) is 5.92 Å². The number of likely N-dealkylation sites (tertiary alicyclic amines) is 1. The summed E-state index contributed by atoms with van der Waals surface area (Å²) in [6, 6.07) is 13.6. The molecule has 0 bridgehead atoms. The summed E-state index contributed by atoms with van der Waals surface area (Å²) in [6.07, 6.45) is 0.859. The molecule has 7 nitrogen and oxygen atoms in total. The number of aromatic hydroxyl groups is 1. The molecule has 2 N–H and O–H groups in total. The molecule has 3 rings (SSSR count).